The lowest BCUT2D eigenvalue weighted by Gasteiger charge is -2.33. The second-order valence-electron chi connectivity index (χ2n) is 9.89. The fourth-order valence-corrected chi connectivity index (χ4v) is 6.13. The molecule has 0 heterocycles. The van der Waals surface area contributed by atoms with Gasteiger partial charge in [-0.25, -0.2) is 8.42 Å². The van der Waals surface area contributed by atoms with Gasteiger partial charge < -0.3 is 15.0 Å². The molecule has 1 atom stereocenters. The lowest BCUT2D eigenvalue weighted by Crippen LogP contribution is -2.52. The summed E-state index contributed by atoms with van der Waals surface area (Å²) in [6, 6.07) is 18.4. The van der Waals surface area contributed by atoms with Gasteiger partial charge in [0.1, 0.15) is 18.3 Å². The van der Waals surface area contributed by atoms with Crippen molar-refractivity contribution in [1.82, 2.24) is 10.2 Å². The van der Waals surface area contributed by atoms with E-state index in [1.165, 1.54) is 35.2 Å². The highest BCUT2D eigenvalue weighted by Gasteiger charge is 2.34. The molecule has 3 aromatic rings. The van der Waals surface area contributed by atoms with E-state index >= 15 is 0 Å². The van der Waals surface area contributed by atoms with Crippen molar-refractivity contribution in [2.75, 3.05) is 24.5 Å². The Bertz CT molecular complexity index is 1410. The largest absolute Gasteiger partial charge is 0.497 e. The number of benzene rings is 3. The number of carbonyl (C=O) groups is 2. The Morgan fingerprint density at radius 3 is 2.10 bits per heavy atom. The van der Waals surface area contributed by atoms with Crippen molar-refractivity contribution < 1.29 is 22.7 Å². The smallest absolute Gasteiger partial charge is 0.264 e. The minimum atomic E-state index is -4.22. The number of methoxy groups -OCH3 is 1. The SMILES string of the molecule is CCC(C(=O)NCC(C)C)N(Cc1ccc(OC)cc1)C(=O)CN(c1cc(Cl)cc(Cl)c1)S(=O)(=O)c1ccccc1. The average Bonchev–Trinajstić information content (AvgIpc) is 2.94. The quantitative estimate of drug-likeness (QED) is 0.262. The molecule has 11 heteroatoms. The van der Waals surface area contributed by atoms with Crippen LogP contribution < -0.4 is 14.4 Å². The third-order valence-corrected chi connectivity index (χ3v) is 8.55. The highest BCUT2D eigenvalue weighted by molar-refractivity contribution is 7.92. The normalized spacial score (nSPS) is 12.1. The summed E-state index contributed by atoms with van der Waals surface area (Å²) in [5, 5.41) is 3.33. The van der Waals surface area contributed by atoms with Crippen molar-refractivity contribution >= 4 is 50.7 Å². The zero-order chi connectivity index (χ0) is 30.2. The summed E-state index contributed by atoms with van der Waals surface area (Å²) in [4.78, 5) is 28.8. The number of nitrogens with zero attached hydrogens (tertiary/aromatic N) is 2. The molecule has 0 fully saturated rings. The minimum absolute atomic E-state index is 0.00711. The molecule has 0 aliphatic rings. The van der Waals surface area contributed by atoms with Crippen molar-refractivity contribution in [2.45, 2.75) is 44.7 Å². The van der Waals surface area contributed by atoms with Gasteiger partial charge in [-0.05, 0) is 60.4 Å². The lowest BCUT2D eigenvalue weighted by molar-refractivity contribution is -0.140. The first-order valence-corrected chi connectivity index (χ1v) is 15.4. The van der Waals surface area contributed by atoms with Crippen molar-refractivity contribution in [2.24, 2.45) is 5.92 Å². The first-order chi connectivity index (χ1) is 19.5. The summed E-state index contributed by atoms with van der Waals surface area (Å²) in [6.07, 6.45) is 0.320. The van der Waals surface area contributed by atoms with E-state index in [0.717, 1.165) is 9.87 Å². The Morgan fingerprint density at radius 1 is 0.951 bits per heavy atom. The molecule has 41 heavy (non-hydrogen) atoms. The number of ether oxygens (including phenoxy) is 1. The van der Waals surface area contributed by atoms with E-state index in [0.29, 0.717) is 18.7 Å². The van der Waals surface area contributed by atoms with Crippen LogP contribution in [0.2, 0.25) is 10.0 Å². The monoisotopic (exact) mass is 619 g/mol. The third-order valence-electron chi connectivity index (χ3n) is 6.33. The molecule has 2 amide bonds. The Labute approximate surface area is 252 Å². The molecule has 0 aliphatic heterocycles. The van der Waals surface area contributed by atoms with Crippen molar-refractivity contribution in [3.63, 3.8) is 0 Å². The van der Waals surface area contributed by atoms with Crippen LogP contribution in [0, 0.1) is 5.92 Å². The average molecular weight is 621 g/mol. The van der Waals surface area contributed by atoms with Gasteiger partial charge >= 0.3 is 0 Å². The number of amides is 2. The van der Waals surface area contributed by atoms with E-state index in [1.807, 2.05) is 20.8 Å². The number of rotatable bonds is 13. The Morgan fingerprint density at radius 2 is 1.56 bits per heavy atom. The van der Waals surface area contributed by atoms with Crippen LogP contribution in [0.5, 0.6) is 5.75 Å². The van der Waals surface area contributed by atoms with Crippen LogP contribution in [-0.2, 0) is 26.2 Å². The fraction of sp³-hybridized carbons (Fsp3) is 0.333. The van der Waals surface area contributed by atoms with Gasteiger partial charge in [0.05, 0.1) is 17.7 Å². The fourth-order valence-electron chi connectivity index (χ4n) is 4.20. The van der Waals surface area contributed by atoms with Gasteiger partial charge in [-0.2, -0.15) is 0 Å². The maximum atomic E-state index is 14.1. The van der Waals surface area contributed by atoms with Gasteiger partial charge in [-0.1, -0.05) is 74.3 Å². The number of anilines is 1. The molecule has 3 rings (SSSR count). The first kappa shape index (κ1) is 32.2. The maximum Gasteiger partial charge on any atom is 0.264 e. The summed E-state index contributed by atoms with van der Waals surface area (Å²) >= 11 is 12.5. The van der Waals surface area contributed by atoms with Crippen LogP contribution in [0.1, 0.15) is 32.8 Å². The molecular formula is C30H35Cl2N3O5S. The molecule has 1 N–H and O–H groups in total. The van der Waals surface area contributed by atoms with E-state index in [1.54, 1.807) is 49.6 Å². The van der Waals surface area contributed by atoms with Crippen LogP contribution in [0.3, 0.4) is 0 Å². The van der Waals surface area contributed by atoms with Crippen molar-refractivity contribution in [3.8, 4) is 5.75 Å². The molecule has 3 aromatic carbocycles. The number of nitrogens with one attached hydrogen (secondary N) is 1. The predicted molar refractivity (Wildman–Crippen MR) is 163 cm³/mol. The summed E-state index contributed by atoms with van der Waals surface area (Å²) in [7, 11) is -2.66. The van der Waals surface area contributed by atoms with Gasteiger partial charge in [-0.3, -0.25) is 13.9 Å². The minimum Gasteiger partial charge on any atom is -0.497 e. The molecule has 0 radical (unpaired) electrons. The summed E-state index contributed by atoms with van der Waals surface area (Å²) in [6.45, 7) is 5.69. The standard InChI is InChI=1S/C30H35Cl2N3O5S/c1-5-28(30(37)33-18-21(2)3)34(19-22-11-13-26(40-4)14-12-22)29(36)20-35(25-16-23(31)15-24(32)17-25)41(38,39)27-9-7-6-8-10-27/h6-17,21,28H,5,18-20H2,1-4H3,(H,33,37). The van der Waals surface area contributed by atoms with Crippen LogP contribution in [-0.4, -0.2) is 51.4 Å². The maximum absolute atomic E-state index is 14.1. The van der Waals surface area contributed by atoms with E-state index in [2.05, 4.69) is 5.32 Å². The van der Waals surface area contributed by atoms with Gasteiger partial charge in [0.15, 0.2) is 0 Å². The molecule has 0 aliphatic carbocycles. The van der Waals surface area contributed by atoms with Gasteiger partial charge in [0.2, 0.25) is 11.8 Å². The number of carbonyl (C=O) groups excluding carboxylic acids is 2. The second-order valence-corrected chi connectivity index (χ2v) is 12.6. The number of hydrogen-bond donors (Lipinski definition) is 1. The topological polar surface area (TPSA) is 96.0 Å². The van der Waals surface area contributed by atoms with E-state index in [4.69, 9.17) is 27.9 Å². The molecule has 0 saturated heterocycles. The van der Waals surface area contributed by atoms with Crippen LogP contribution in [0.15, 0.2) is 77.7 Å². The molecule has 0 saturated carbocycles. The van der Waals surface area contributed by atoms with E-state index in [9.17, 15) is 18.0 Å². The molecule has 1 unspecified atom stereocenters. The Hall–Kier alpha value is -3.27. The summed E-state index contributed by atoms with van der Waals surface area (Å²) in [5.41, 5.74) is 0.874. The molecule has 220 valence electrons. The Kier molecular flexibility index (Phi) is 11.5. The first-order valence-electron chi connectivity index (χ1n) is 13.2. The van der Waals surface area contributed by atoms with Crippen molar-refractivity contribution in [3.05, 3.63) is 88.4 Å². The van der Waals surface area contributed by atoms with E-state index in [-0.39, 0.29) is 39.0 Å². The molecular weight excluding hydrogens is 585 g/mol. The number of halogens is 2. The zero-order valence-corrected chi connectivity index (χ0v) is 25.8. The van der Waals surface area contributed by atoms with Crippen LogP contribution in [0.4, 0.5) is 5.69 Å². The van der Waals surface area contributed by atoms with Gasteiger partial charge in [-0.15, -0.1) is 0 Å². The summed E-state index contributed by atoms with van der Waals surface area (Å²) in [5.74, 6) is -0.0260. The number of hydrogen-bond acceptors (Lipinski definition) is 5. The predicted octanol–water partition coefficient (Wildman–Crippen LogP) is 5.78. The highest BCUT2D eigenvalue weighted by Crippen LogP contribution is 2.30. The van der Waals surface area contributed by atoms with Crippen LogP contribution in [0.25, 0.3) is 0 Å². The van der Waals surface area contributed by atoms with Gasteiger partial charge in [0, 0.05) is 23.1 Å². The van der Waals surface area contributed by atoms with E-state index < -0.39 is 28.5 Å². The Balaban J connectivity index is 2.06. The van der Waals surface area contributed by atoms with Gasteiger partial charge in [0.25, 0.3) is 10.0 Å². The molecule has 0 aromatic heterocycles. The number of sulfonamides is 1. The lowest BCUT2D eigenvalue weighted by atomic mass is 10.1. The highest BCUT2D eigenvalue weighted by atomic mass is 35.5. The second kappa shape index (κ2) is 14.6. The zero-order valence-electron chi connectivity index (χ0n) is 23.5. The molecule has 0 spiro atoms. The molecule has 0 bridgehead atoms. The summed E-state index contributed by atoms with van der Waals surface area (Å²) < 4.78 is 34.0. The van der Waals surface area contributed by atoms with Crippen LogP contribution >= 0.6 is 23.2 Å². The molecule has 8 nitrogen and oxygen atoms in total. The van der Waals surface area contributed by atoms with Crippen molar-refractivity contribution in [1.29, 1.82) is 0 Å². The third kappa shape index (κ3) is 8.61.